The van der Waals surface area contributed by atoms with E-state index < -0.39 is 0 Å². The summed E-state index contributed by atoms with van der Waals surface area (Å²) in [4.78, 5) is 16.9. The van der Waals surface area contributed by atoms with Crippen LogP contribution in [0.1, 0.15) is 33.5 Å². The van der Waals surface area contributed by atoms with Gasteiger partial charge in [-0.05, 0) is 35.8 Å². The zero-order valence-corrected chi connectivity index (χ0v) is 15.9. The second kappa shape index (κ2) is 8.05. The maximum absolute atomic E-state index is 12.6. The van der Waals surface area contributed by atoms with Crippen LogP contribution < -0.4 is 5.32 Å². The standard InChI is InChI=1S/C25H22N2O/c1-18-12-14-21(15-13-18)25(28)27-24-17-22(20-10-6-3-7-11-20)23(26-24)16-19-8-4-2-5-9-19/h2-15H,16-17H2,1H3,(H,26,27,28). The van der Waals surface area contributed by atoms with E-state index in [9.17, 15) is 4.79 Å². The molecule has 1 N–H and O–H groups in total. The average molecular weight is 366 g/mol. The Labute approximate surface area is 165 Å². The summed E-state index contributed by atoms with van der Waals surface area (Å²) >= 11 is 0. The summed E-state index contributed by atoms with van der Waals surface area (Å²) in [6, 6.07) is 28.2. The molecule has 0 bridgehead atoms. The molecule has 0 saturated heterocycles. The molecule has 1 amide bonds. The van der Waals surface area contributed by atoms with Gasteiger partial charge in [-0.1, -0.05) is 78.4 Å². The van der Waals surface area contributed by atoms with Crippen molar-refractivity contribution in [1.29, 1.82) is 0 Å². The molecule has 3 aromatic carbocycles. The zero-order valence-electron chi connectivity index (χ0n) is 15.9. The van der Waals surface area contributed by atoms with Crippen molar-refractivity contribution in [1.82, 2.24) is 5.32 Å². The van der Waals surface area contributed by atoms with Gasteiger partial charge in [-0.25, -0.2) is 0 Å². The molecule has 0 spiro atoms. The molecule has 0 atom stereocenters. The third-order valence-corrected chi connectivity index (χ3v) is 4.88. The molecule has 1 heterocycles. The van der Waals surface area contributed by atoms with Gasteiger partial charge < -0.3 is 5.32 Å². The molecular formula is C25H22N2O. The maximum atomic E-state index is 12.6. The van der Waals surface area contributed by atoms with Crippen molar-refractivity contribution in [2.75, 3.05) is 0 Å². The van der Waals surface area contributed by atoms with E-state index in [4.69, 9.17) is 0 Å². The van der Waals surface area contributed by atoms with Crippen molar-refractivity contribution in [2.24, 2.45) is 4.99 Å². The monoisotopic (exact) mass is 366 g/mol. The lowest BCUT2D eigenvalue weighted by molar-refractivity contribution is 0.100. The number of amidine groups is 1. The van der Waals surface area contributed by atoms with Crippen LogP contribution in [-0.2, 0) is 6.42 Å². The number of nitrogens with one attached hydrogen (secondary N) is 1. The molecule has 138 valence electrons. The second-order valence-electron chi connectivity index (χ2n) is 7.02. The van der Waals surface area contributed by atoms with Crippen molar-refractivity contribution in [3.8, 4) is 0 Å². The number of carbonyl (C=O) groups is 1. The van der Waals surface area contributed by atoms with Crippen LogP contribution in [0.15, 0.2) is 95.6 Å². The first-order valence-corrected chi connectivity index (χ1v) is 9.46. The second-order valence-corrected chi connectivity index (χ2v) is 7.02. The first-order chi connectivity index (χ1) is 13.7. The summed E-state index contributed by atoms with van der Waals surface area (Å²) < 4.78 is 0. The molecule has 1 aliphatic rings. The van der Waals surface area contributed by atoms with Gasteiger partial charge in [-0.2, -0.15) is 4.99 Å². The van der Waals surface area contributed by atoms with Crippen molar-refractivity contribution >= 4 is 17.3 Å². The fraction of sp³-hybridized carbons (Fsp3) is 0.120. The van der Waals surface area contributed by atoms with Gasteiger partial charge in [0.15, 0.2) is 0 Å². The van der Waals surface area contributed by atoms with Crippen LogP contribution >= 0.6 is 0 Å². The predicted molar refractivity (Wildman–Crippen MR) is 114 cm³/mol. The van der Waals surface area contributed by atoms with Gasteiger partial charge in [0.25, 0.3) is 5.91 Å². The molecule has 3 nitrogen and oxygen atoms in total. The largest absolute Gasteiger partial charge is 0.346 e. The topological polar surface area (TPSA) is 41.5 Å². The molecule has 0 unspecified atom stereocenters. The summed E-state index contributed by atoms with van der Waals surface area (Å²) in [6.07, 6.45) is 1.41. The molecular weight excluding hydrogens is 344 g/mol. The highest BCUT2D eigenvalue weighted by molar-refractivity contribution is 6.08. The number of hydrogen-bond donors (Lipinski definition) is 1. The predicted octanol–water partition coefficient (Wildman–Crippen LogP) is 5.18. The summed E-state index contributed by atoms with van der Waals surface area (Å²) in [5.74, 6) is 0.492. The van der Waals surface area contributed by atoms with Gasteiger partial charge in [-0.3, -0.25) is 4.79 Å². The van der Waals surface area contributed by atoms with Crippen molar-refractivity contribution in [3.05, 3.63) is 113 Å². The molecule has 3 heteroatoms. The Hall–Kier alpha value is -3.46. The molecule has 0 aromatic heterocycles. The molecule has 3 aromatic rings. The lowest BCUT2D eigenvalue weighted by Gasteiger charge is -2.08. The van der Waals surface area contributed by atoms with Crippen molar-refractivity contribution in [2.45, 2.75) is 19.8 Å². The van der Waals surface area contributed by atoms with Gasteiger partial charge in [0, 0.05) is 24.1 Å². The van der Waals surface area contributed by atoms with E-state index in [1.807, 2.05) is 67.6 Å². The number of carbonyl (C=O) groups excluding carboxylic acids is 1. The van der Waals surface area contributed by atoms with E-state index in [1.165, 1.54) is 11.1 Å². The Balaban J connectivity index is 1.61. The maximum Gasteiger partial charge on any atom is 0.278 e. The van der Waals surface area contributed by atoms with Crippen LogP contribution in [0.5, 0.6) is 0 Å². The Bertz CT molecular complexity index is 1030. The molecule has 0 fully saturated rings. The summed E-state index contributed by atoms with van der Waals surface area (Å²) in [5.41, 5.74) is 6.42. The van der Waals surface area contributed by atoms with Crippen molar-refractivity contribution < 1.29 is 4.79 Å². The molecule has 1 aliphatic heterocycles. The average Bonchev–Trinajstić information content (AvgIpc) is 3.12. The van der Waals surface area contributed by atoms with Gasteiger partial charge in [0.2, 0.25) is 0 Å². The number of benzene rings is 3. The van der Waals surface area contributed by atoms with Gasteiger partial charge in [0.05, 0.1) is 0 Å². The first kappa shape index (κ1) is 17.9. The minimum absolute atomic E-state index is 0.212. The number of amides is 1. The Morgan fingerprint density at radius 3 is 2.21 bits per heavy atom. The smallest absolute Gasteiger partial charge is 0.278 e. The Morgan fingerprint density at radius 2 is 1.54 bits per heavy atom. The minimum Gasteiger partial charge on any atom is -0.346 e. The van der Waals surface area contributed by atoms with E-state index in [0.717, 1.165) is 23.2 Å². The summed E-state index contributed by atoms with van der Waals surface area (Å²) in [7, 11) is 0. The summed E-state index contributed by atoms with van der Waals surface area (Å²) in [6.45, 7) is 2.00. The third-order valence-electron chi connectivity index (χ3n) is 4.88. The lowest BCUT2D eigenvalue weighted by Crippen LogP contribution is -2.19. The van der Waals surface area contributed by atoms with Crippen LogP contribution in [0.3, 0.4) is 0 Å². The van der Waals surface area contributed by atoms with Crippen LogP contribution in [0.25, 0.3) is 5.57 Å². The number of allylic oxidation sites excluding steroid dienone is 1. The van der Waals surface area contributed by atoms with Gasteiger partial charge in [0.1, 0.15) is 5.84 Å². The normalized spacial score (nSPS) is 15.0. The Morgan fingerprint density at radius 1 is 0.893 bits per heavy atom. The van der Waals surface area contributed by atoms with E-state index in [1.54, 1.807) is 0 Å². The quantitative estimate of drug-likeness (QED) is 0.691. The molecule has 0 radical (unpaired) electrons. The van der Waals surface area contributed by atoms with E-state index >= 15 is 0 Å². The van der Waals surface area contributed by atoms with Crippen LogP contribution in [0.2, 0.25) is 0 Å². The number of hydrogen-bond acceptors (Lipinski definition) is 1. The minimum atomic E-state index is -0.212. The molecule has 0 aliphatic carbocycles. The lowest BCUT2D eigenvalue weighted by atomic mass is 10.00. The Kier molecular flexibility index (Phi) is 5.16. The number of rotatable bonds is 4. The number of aryl methyl sites for hydroxylation is 1. The zero-order chi connectivity index (χ0) is 19.3. The molecule has 0 saturated carbocycles. The highest BCUT2D eigenvalue weighted by Crippen LogP contribution is 2.28. The third kappa shape index (κ3) is 4.09. The van der Waals surface area contributed by atoms with E-state index in [0.29, 0.717) is 17.8 Å². The van der Waals surface area contributed by atoms with Crippen LogP contribution in [0, 0.1) is 6.92 Å². The fourth-order valence-electron chi connectivity index (χ4n) is 3.39. The van der Waals surface area contributed by atoms with E-state index in [2.05, 4.69) is 34.6 Å². The number of aliphatic imine (C=N–C) groups is 1. The van der Waals surface area contributed by atoms with Gasteiger partial charge in [-0.15, -0.1) is 0 Å². The number of nitrogens with zero attached hydrogens (tertiary/aromatic N) is 1. The summed E-state index contributed by atoms with van der Waals surface area (Å²) in [5, 5.41) is 3.41. The van der Waals surface area contributed by atoms with Crippen molar-refractivity contribution in [3.63, 3.8) is 0 Å². The highest BCUT2D eigenvalue weighted by atomic mass is 16.1. The van der Waals surface area contributed by atoms with Crippen LogP contribution in [0.4, 0.5) is 0 Å². The van der Waals surface area contributed by atoms with E-state index in [-0.39, 0.29) is 5.91 Å². The SMILES string of the molecule is Cc1ccc(C(=O)/N=C2/CC(c3ccccc3)=C(Cc3ccccc3)N2)cc1. The molecule has 28 heavy (non-hydrogen) atoms. The molecule has 4 rings (SSSR count). The fourth-order valence-corrected chi connectivity index (χ4v) is 3.39. The highest BCUT2D eigenvalue weighted by Gasteiger charge is 2.22. The van der Waals surface area contributed by atoms with Crippen LogP contribution in [-0.4, -0.2) is 11.7 Å². The first-order valence-electron chi connectivity index (χ1n) is 9.46. The van der Waals surface area contributed by atoms with Gasteiger partial charge >= 0.3 is 0 Å².